The minimum absolute atomic E-state index is 0.0977. The molecule has 10 heteroatoms. The minimum Gasteiger partial charge on any atom is -0.379 e. The first-order chi connectivity index (χ1) is 12.9. The summed E-state index contributed by atoms with van der Waals surface area (Å²) in [6.07, 6.45) is 1.94. The van der Waals surface area contributed by atoms with Gasteiger partial charge in [0.15, 0.2) is 0 Å². The summed E-state index contributed by atoms with van der Waals surface area (Å²) in [6, 6.07) is 11.4. The quantitative estimate of drug-likeness (QED) is 0.444. The Labute approximate surface area is 161 Å². The van der Waals surface area contributed by atoms with Gasteiger partial charge in [-0.15, -0.1) is 11.8 Å². The molecule has 0 aliphatic carbocycles. The third-order valence-corrected chi connectivity index (χ3v) is 6.74. The van der Waals surface area contributed by atoms with E-state index in [2.05, 4.69) is 5.32 Å². The van der Waals surface area contributed by atoms with Crippen molar-refractivity contribution in [2.24, 2.45) is 0 Å². The van der Waals surface area contributed by atoms with E-state index in [1.165, 1.54) is 16.4 Å². The van der Waals surface area contributed by atoms with Crippen LogP contribution in [0.15, 0.2) is 52.3 Å². The van der Waals surface area contributed by atoms with E-state index in [1.807, 2.05) is 24.5 Å². The van der Waals surface area contributed by atoms with Gasteiger partial charge < -0.3 is 10.1 Å². The molecule has 1 saturated heterocycles. The molecule has 0 aromatic heterocycles. The molecule has 144 valence electrons. The van der Waals surface area contributed by atoms with E-state index in [1.54, 1.807) is 17.8 Å². The molecular weight excluding hydrogens is 390 g/mol. The van der Waals surface area contributed by atoms with E-state index >= 15 is 0 Å². The lowest BCUT2D eigenvalue weighted by molar-refractivity contribution is -0.384. The lowest BCUT2D eigenvalue weighted by Crippen LogP contribution is -2.40. The van der Waals surface area contributed by atoms with Crippen LogP contribution in [0, 0.1) is 10.1 Å². The molecule has 1 heterocycles. The van der Waals surface area contributed by atoms with E-state index in [9.17, 15) is 18.5 Å². The van der Waals surface area contributed by atoms with E-state index in [-0.39, 0.29) is 29.4 Å². The van der Waals surface area contributed by atoms with Crippen LogP contribution in [-0.2, 0) is 14.8 Å². The van der Waals surface area contributed by atoms with Gasteiger partial charge in [-0.05, 0) is 36.6 Å². The van der Waals surface area contributed by atoms with Crippen molar-refractivity contribution in [1.29, 1.82) is 0 Å². The van der Waals surface area contributed by atoms with Gasteiger partial charge in [0.2, 0.25) is 10.0 Å². The highest BCUT2D eigenvalue weighted by Gasteiger charge is 2.28. The molecule has 8 nitrogen and oxygen atoms in total. The highest BCUT2D eigenvalue weighted by Crippen LogP contribution is 2.32. The van der Waals surface area contributed by atoms with E-state index in [0.29, 0.717) is 18.9 Å². The Kier molecular flexibility index (Phi) is 6.00. The Morgan fingerprint density at radius 1 is 1.19 bits per heavy atom. The molecule has 1 aliphatic rings. The lowest BCUT2D eigenvalue weighted by Gasteiger charge is -2.26. The summed E-state index contributed by atoms with van der Waals surface area (Å²) < 4.78 is 31.9. The van der Waals surface area contributed by atoms with E-state index < -0.39 is 14.9 Å². The maximum absolute atomic E-state index is 12.7. The van der Waals surface area contributed by atoms with Gasteiger partial charge in [-0.1, -0.05) is 6.07 Å². The largest absolute Gasteiger partial charge is 0.379 e. The predicted molar refractivity (Wildman–Crippen MR) is 104 cm³/mol. The second-order valence-electron chi connectivity index (χ2n) is 5.81. The zero-order valence-electron chi connectivity index (χ0n) is 14.6. The van der Waals surface area contributed by atoms with Crippen molar-refractivity contribution in [3.8, 4) is 0 Å². The van der Waals surface area contributed by atoms with Gasteiger partial charge in [0.1, 0.15) is 5.69 Å². The summed E-state index contributed by atoms with van der Waals surface area (Å²) >= 11 is 1.56. The topological polar surface area (TPSA) is 102 Å². The third-order valence-electron chi connectivity index (χ3n) is 4.12. The molecule has 3 rings (SSSR count). The molecule has 1 fully saturated rings. The van der Waals surface area contributed by atoms with E-state index in [0.717, 1.165) is 11.0 Å². The number of benzene rings is 2. The monoisotopic (exact) mass is 409 g/mol. The van der Waals surface area contributed by atoms with Crippen molar-refractivity contribution in [2.75, 3.05) is 37.9 Å². The first kappa shape index (κ1) is 19.6. The highest BCUT2D eigenvalue weighted by atomic mass is 32.2. The molecule has 0 saturated carbocycles. The molecular formula is C17H19N3O5S2. The van der Waals surface area contributed by atoms with Crippen molar-refractivity contribution in [1.82, 2.24) is 4.31 Å². The smallest absolute Gasteiger partial charge is 0.294 e. The Morgan fingerprint density at radius 3 is 2.59 bits per heavy atom. The third kappa shape index (κ3) is 4.41. The number of thioether (sulfide) groups is 1. The summed E-state index contributed by atoms with van der Waals surface area (Å²) in [5.41, 5.74) is 0.631. The van der Waals surface area contributed by atoms with Crippen LogP contribution in [0.1, 0.15) is 0 Å². The molecule has 0 bridgehead atoms. The van der Waals surface area contributed by atoms with Gasteiger partial charge in [0.05, 0.1) is 23.0 Å². The van der Waals surface area contributed by atoms with Gasteiger partial charge in [-0.3, -0.25) is 10.1 Å². The number of ether oxygens (including phenoxy) is 1. The molecule has 0 unspecified atom stereocenters. The number of nitro groups is 1. The first-order valence-electron chi connectivity index (χ1n) is 8.19. The van der Waals surface area contributed by atoms with Crippen molar-refractivity contribution >= 4 is 38.8 Å². The Hall–Kier alpha value is -2.14. The molecule has 1 N–H and O–H groups in total. The number of nitrogens with one attached hydrogen (secondary N) is 1. The zero-order chi connectivity index (χ0) is 19.4. The fraction of sp³-hybridized carbons (Fsp3) is 0.294. The van der Waals surface area contributed by atoms with Gasteiger partial charge in [0, 0.05) is 29.7 Å². The fourth-order valence-electron chi connectivity index (χ4n) is 2.72. The molecule has 2 aromatic rings. The Balaban J connectivity index is 1.94. The average Bonchev–Trinajstić information content (AvgIpc) is 2.68. The number of nitrogens with zero attached hydrogens (tertiary/aromatic N) is 2. The average molecular weight is 409 g/mol. The fourth-order valence-corrected chi connectivity index (χ4v) is 4.61. The van der Waals surface area contributed by atoms with Crippen LogP contribution >= 0.6 is 11.8 Å². The maximum atomic E-state index is 12.7. The van der Waals surface area contributed by atoms with Gasteiger partial charge >= 0.3 is 0 Å². The van der Waals surface area contributed by atoms with Crippen LogP contribution in [0.2, 0.25) is 0 Å². The summed E-state index contributed by atoms with van der Waals surface area (Å²) in [5, 5.41) is 14.5. The highest BCUT2D eigenvalue weighted by molar-refractivity contribution is 7.98. The molecule has 0 radical (unpaired) electrons. The van der Waals surface area contributed by atoms with Crippen molar-refractivity contribution in [2.45, 2.75) is 9.79 Å². The normalized spacial score (nSPS) is 15.4. The molecule has 1 aliphatic heterocycles. The molecule has 0 spiro atoms. The van der Waals surface area contributed by atoms with Crippen LogP contribution < -0.4 is 5.32 Å². The summed E-state index contributed by atoms with van der Waals surface area (Å²) in [6.45, 7) is 1.09. The van der Waals surface area contributed by atoms with Crippen LogP contribution in [0.25, 0.3) is 0 Å². The number of hydrogen-bond donors (Lipinski definition) is 1. The zero-order valence-corrected chi connectivity index (χ0v) is 16.3. The van der Waals surface area contributed by atoms with Crippen LogP contribution in [0.3, 0.4) is 0 Å². The number of anilines is 2. The summed E-state index contributed by atoms with van der Waals surface area (Å²) in [7, 11) is -3.80. The predicted octanol–water partition coefficient (Wildman–Crippen LogP) is 3.08. The number of nitro benzene ring substituents is 1. The Morgan fingerprint density at radius 2 is 1.93 bits per heavy atom. The SMILES string of the molecule is CSc1cccc(Nc2ccc(S(=O)(=O)N3CCOCC3)cc2[N+](=O)[O-])c1. The first-order valence-corrected chi connectivity index (χ1v) is 10.9. The molecule has 0 amide bonds. The summed E-state index contributed by atoms with van der Waals surface area (Å²) in [5.74, 6) is 0. The molecule has 0 atom stereocenters. The maximum Gasteiger partial charge on any atom is 0.294 e. The summed E-state index contributed by atoms with van der Waals surface area (Å²) in [4.78, 5) is 11.9. The van der Waals surface area contributed by atoms with Crippen molar-refractivity contribution < 1.29 is 18.1 Å². The standard InChI is InChI=1S/C17H19N3O5S2/c1-26-14-4-2-3-13(11-14)18-16-6-5-15(12-17(16)20(21)22)27(23,24)19-7-9-25-10-8-19/h2-6,11-12,18H,7-10H2,1H3. The van der Waals surface area contributed by atoms with Crippen LogP contribution in [0.5, 0.6) is 0 Å². The van der Waals surface area contributed by atoms with Crippen molar-refractivity contribution in [3.05, 3.63) is 52.6 Å². The van der Waals surface area contributed by atoms with Gasteiger partial charge in [-0.25, -0.2) is 8.42 Å². The molecule has 27 heavy (non-hydrogen) atoms. The number of morpholine rings is 1. The van der Waals surface area contributed by atoms with Crippen LogP contribution in [-0.4, -0.2) is 50.2 Å². The van der Waals surface area contributed by atoms with Gasteiger partial charge in [-0.2, -0.15) is 4.31 Å². The molecule has 2 aromatic carbocycles. The number of hydrogen-bond acceptors (Lipinski definition) is 7. The second-order valence-corrected chi connectivity index (χ2v) is 8.63. The Bertz CT molecular complexity index is 943. The number of rotatable bonds is 6. The lowest BCUT2D eigenvalue weighted by atomic mass is 10.2. The van der Waals surface area contributed by atoms with E-state index in [4.69, 9.17) is 4.74 Å². The minimum atomic E-state index is -3.80. The number of sulfonamides is 1. The van der Waals surface area contributed by atoms with Crippen molar-refractivity contribution in [3.63, 3.8) is 0 Å². The van der Waals surface area contributed by atoms with Gasteiger partial charge in [0.25, 0.3) is 5.69 Å². The van der Waals surface area contributed by atoms with Crippen LogP contribution in [0.4, 0.5) is 17.1 Å². The second kappa shape index (κ2) is 8.26.